The maximum absolute atomic E-state index is 12.4. The molecular weight excluding hydrogens is 682 g/mol. The van der Waals surface area contributed by atoms with Crippen LogP contribution in [0.2, 0.25) is 0 Å². The number of hydrazone groups is 1. The number of carbonyl (C=O) groups is 2. The van der Waals surface area contributed by atoms with Crippen LogP contribution in [0, 0.1) is 0 Å². The number of hydrogen-bond donors (Lipinski definition) is 6. The number of phenols is 1. The molecule has 0 aliphatic heterocycles. The lowest BCUT2D eigenvalue weighted by atomic mass is 10.2. The van der Waals surface area contributed by atoms with E-state index in [2.05, 4.69) is 35.4 Å². The maximum Gasteiger partial charge on any atom is 0.337 e. The summed E-state index contributed by atoms with van der Waals surface area (Å²) < 4.78 is 62.4. The first-order valence-electron chi connectivity index (χ1n) is 11.9. The lowest BCUT2D eigenvalue weighted by molar-refractivity contribution is -0.432. The number of nitrogens with zero attached hydrogens (tertiary/aromatic N) is 3. The van der Waals surface area contributed by atoms with Crippen molar-refractivity contribution in [1.82, 2.24) is 0 Å². The highest BCUT2D eigenvalue weighted by atomic mass is 35.5. The number of aromatic hydroxyl groups is 1. The molecule has 0 aliphatic carbocycles. The van der Waals surface area contributed by atoms with Gasteiger partial charge in [-0.3, -0.25) is 14.8 Å². The van der Waals surface area contributed by atoms with E-state index in [9.17, 15) is 41.2 Å². The number of rotatable bonds is 13. The Morgan fingerprint density at radius 2 is 1.67 bits per heavy atom. The third-order valence-corrected chi connectivity index (χ3v) is 8.96. The van der Waals surface area contributed by atoms with Crippen molar-refractivity contribution in [2.24, 2.45) is 15.3 Å². The summed E-state index contributed by atoms with van der Waals surface area (Å²) in [6.07, 6.45) is 0. The Bertz CT molecular complexity index is 1870. The molecule has 240 valence electrons. The topological polar surface area (TPSA) is 263 Å². The van der Waals surface area contributed by atoms with Crippen molar-refractivity contribution < 1.29 is 55.8 Å². The number of carboxylic acid groups (broad SMARTS) is 1. The average molecular weight is 704 g/mol. The van der Waals surface area contributed by atoms with Crippen molar-refractivity contribution in [2.75, 3.05) is 22.4 Å². The number of phenolic OH excluding ortho intramolecular Hbond substituents is 1. The van der Waals surface area contributed by atoms with Crippen LogP contribution in [-0.4, -0.2) is 66.2 Å². The van der Waals surface area contributed by atoms with E-state index in [1.807, 2.05) is 0 Å². The van der Waals surface area contributed by atoms with E-state index >= 15 is 0 Å². The average Bonchev–Trinajstić information content (AvgIpc) is 2.97. The molecule has 3 aromatic carbocycles. The molecule has 0 bridgehead atoms. The largest absolute Gasteiger partial charge is 0.504 e. The zero-order chi connectivity index (χ0) is 33.4. The van der Waals surface area contributed by atoms with E-state index in [4.69, 9.17) is 16.9 Å². The van der Waals surface area contributed by atoms with Gasteiger partial charge in [-0.1, -0.05) is 5.04 Å². The summed E-state index contributed by atoms with van der Waals surface area (Å²) >= 11 is 6.09. The molecule has 0 fully saturated rings. The summed E-state index contributed by atoms with van der Waals surface area (Å²) in [6.45, 7) is 1.09. The minimum atomic E-state index is -4.84. The normalized spacial score (nSPS) is 12.3. The number of halogens is 1. The van der Waals surface area contributed by atoms with Crippen LogP contribution in [0.15, 0.2) is 84.6 Å². The van der Waals surface area contributed by atoms with Gasteiger partial charge in [-0.15, -0.1) is 26.2 Å². The molecule has 0 saturated heterocycles. The molecule has 6 N–H and O–H groups in total. The highest BCUT2D eigenvalue weighted by molar-refractivity contribution is 7.94. The van der Waals surface area contributed by atoms with Crippen molar-refractivity contribution >= 4 is 78.4 Å². The Kier molecular flexibility index (Phi) is 12.0. The lowest BCUT2D eigenvalue weighted by Crippen LogP contribution is -2.10. The number of azo groups is 1. The van der Waals surface area contributed by atoms with Crippen molar-refractivity contribution in [3.63, 3.8) is 0 Å². The summed E-state index contributed by atoms with van der Waals surface area (Å²) in [5.41, 5.74) is 1.07. The van der Waals surface area contributed by atoms with Crippen LogP contribution < -0.4 is 10.7 Å². The molecule has 0 unspecified atom stereocenters. The lowest BCUT2D eigenvalue weighted by Gasteiger charge is -2.12. The highest BCUT2D eigenvalue weighted by Crippen LogP contribution is 2.36. The monoisotopic (exact) mass is 703 g/mol. The Labute approximate surface area is 264 Å². The van der Waals surface area contributed by atoms with Crippen LogP contribution in [0.5, 0.6) is 5.75 Å². The van der Waals surface area contributed by atoms with Crippen molar-refractivity contribution in [3.8, 4) is 5.75 Å². The van der Waals surface area contributed by atoms with E-state index in [1.165, 1.54) is 36.4 Å². The Morgan fingerprint density at radius 3 is 2.24 bits per heavy atom. The summed E-state index contributed by atoms with van der Waals surface area (Å²) in [6, 6.07) is 10.3. The second-order valence-corrected chi connectivity index (χ2v) is 13.2. The fraction of sp³-hybridized carbons (Fsp3) is 0.125. The highest BCUT2D eigenvalue weighted by Gasteiger charge is 2.19. The van der Waals surface area contributed by atoms with Gasteiger partial charge >= 0.3 is 5.97 Å². The van der Waals surface area contributed by atoms with E-state index in [1.54, 1.807) is 0 Å². The SMILES string of the molecule is CC(=O)Nc1cc(S(=O)(=O)O)cc(NN=C(N=Nc2cc(SOOO)ccc2C(=O)O)c2ccc(S(=O)(=O)CCCl)cc2)c1O. The standard InChI is InChI=1S/C24H22ClN5O12S3/c1-13(31)26-20-11-17(45(38,39)40)12-21(22(20)32)28-30-23(14-2-5-16(6-3-14)44(36,37)9-8-25)29-27-19-10-15(43-42-41-35)4-7-18(19)24(33)34/h2-7,10-12,28,32,35H,8-9H2,1H3,(H,26,31)(H,33,34)(H,38,39,40). The van der Waals surface area contributed by atoms with Gasteiger partial charge in [0.15, 0.2) is 15.6 Å². The predicted octanol–water partition coefficient (Wildman–Crippen LogP) is 4.29. The summed E-state index contributed by atoms with van der Waals surface area (Å²) in [5.74, 6) is -3.60. The molecule has 0 atom stereocenters. The number of sulfone groups is 1. The number of amides is 1. The van der Waals surface area contributed by atoms with Gasteiger partial charge in [0, 0.05) is 23.3 Å². The van der Waals surface area contributed by atoms with Gasteiger partial charge in [-0.2, -0.15) is 13.5 Å². The van der Waals surface area contributed by atoms with Crippen LogP contribution in [0.3, 0.4) is 0 Å². The summed E-state index contributed by atoms with van der Waals surface area (Å²) in [7, 11) is -8.56. The summed E-state index contributed by atoms with van der Waals surface area (Å²) in [5, 5.41) is 46.3. The first kappa shape index (κ1) is 35.3. The van der Waals surface area contributed by atoms with Gasteiger partial charge in [0.1, 0.15) is 11.4 Å². The number of benzene rings is 3. The smallest absolute Gasteiger partial charge is 0.337 e. The first-order valence-corrected chi connectivity index (χ1v) is 16.3. The Balaban J connectivity index is 2.17. The molecule has 3 rings (SSSR count). The Morgan fingerprint density at radius 1 is 1.00 bits per heavy atom. The maximum atomic E-state index is 12.4. The minimum absolute atomic E-state index is 0.0846. The second kappa shape index (κ2) is 15.2. The number of hydrogen-bond acceptors (Lipinski definition) is 14. The third kappa shape index (κ3) is 9.67. The van der Waals surface area contributed by atoms with Gasteiger partial charge in [0.2, 0.25) is 11.7 Å². The number of carbonyl (C=O) groups excluding carboxylic acids is 1. The first-order chi connectivity index (χ1) is 21.2. The number of amidine groups is 1. The molecule has 17 nitrogen and oxygen atoms in total. The molecule has 0 saturated carbocycles. The van der Waals surface area contributed by atoms with Crippen molar-refractivity contribution in [3.05, 3.63) is 65.7 Å². The number of nitrogens with one attached hydrogen (secondary N) is 2. The minimum Gasteiger partial charge on any atom is -0.504 e. The third-order valence-electron chi connectivity index (χ3n) is 5.40. The molecule has 3 aromatic rings. The van der Waals surface area contributed by atoms with Gasteiger partial charge in [-0.25, -0.2) is 18.5 Å². The molecule has 21 heteroatoms. The molecule has 0 radical (unpaired) electrons. The van der Waals surface area contributed by atoms with Crippen LogP contribution in [0.25, 0.3) is 0 Å². The fourth-order valence-electron chi connectivity index (χ4n) is 3.40. The zero-order valence-electron chi connectivity index (χ0n) is 22.6. The van der Waals surface area contributed by atoms with Gasteiger partial charge in [-0.05, 0) is 54.6 Å². The van der Waals surface area contributed by atoms with Gasteiger partial charge < -0.3 is 15.5 Å². The van der Waals surface area contributed by atoms with Crippen LogP contribution in [0.4, 0.5) is 17.1 Å². The number of alkyl halides is 1. The fourth-order valence-corrected chi connectivity index (χ4v) is 5.92. The molecule has 0 spiro atoms. The number of anilines is 2. The predicted molar refractivity (Wildman–Crippen MR) is 160 cm³/mol. The number of aromatic carboxylic acids is 1. The van der Waals surface area contributed by atoms with E-state index in [0.717, 1.165) is 25.1 Å². The van der Waals surface area contributed by atoms with E-state index in [0.29, 0.717) is 12.0 Å². The van der Waals surface area contributed by atoms with Crippen LogP contribution >= 0.6 is 23.6 Å². The van der Waals surface area contributed by atoms with Gasteiger partial charge in [0.25, 0.3) is 10.1 Å². The van der Waals surface area contributed by atoms with Gasteiger partial charge in [0.05, 0.1) is 38.8 Å². The van der Waals surface area contributed by atoms with Crippen LogP contribution in [0.1, 0.15) is 22.8 Å². The molecule has 45 heavy (non-hydrogen) atoms. The molecule has 0 aliphatic rings. The van der Waals surface area contributed by atoms with E-state index < -0.39 is 53.9 Å². The second-order valence-electron chi connectivity index (χ2n) is 8.51. The molecule has 0 heterocycles. The molecular formula is C24H22ClN5O12S3. The van der Waals surface area contributed by atoms with Crippen molar-refractivity contribution in [2.45, 2.75) is 21.6 Å². The molecule has 1 amide bonds. The molecule has 0 aromatic heterocycles. The summed E-state index contributed by atoms with van der Waals surface area (Å²) in [4.78, 5) is 22.8. The van der Waals surface area contributed by atoms with Crippen molar-refractivity contribution in [1.29, 1.82) is 0 Å². The van der Waals surface area contributed by atoms with Crippen LogP contribution in [-0.2, 0) is 34.1 Å². The Hall–Kier alpha value is -4.15. The number of carboxylic acids is 1. The zero-order valence-corrected chi connectivity index (χ0v) is 25.8. The quantitative estimate of drug-likeness (QED) is 0.0167. The van der Waals surface area contributed by atoms with E-state index in [-0.39, 0.29) is 44.1 Å².